The van der Waals surface area contributed by atoms with E-state index in [1.165, 1.54) is 23.4 Å². The lowest BCUT2D eigenvalue weighted by molar-refractivity contribution is -0.113. The van der Waals surface area contributed by atoms with Crippen LogP contribution in [0.5, 0.6) is 0 Å². The van der Waals surface area contributed by atoms with Gasteiger partial charge in [0.2, 0.25) is 5.91 Å². The second-order valence-corrected chi connectivity index (χ2v) is 7.87. The van der Waals surface area contributed by atoms with Gasteiger partial charge in [-0.15, -0.1) is 11.8 Å². The first-order chi connectivity index (χ1) is 12.8. The van der Waals surface area contributed by atoms with Gasteiger partial charge in [-0.05, 0) is 68.1 Å². The maximum atomic E-state index is 12.3. The van der Waals surface area contributed by atoms with Crippen LogP contribution in [0.2, 0.25) is 0 Å². The minimum Gasteiger partial charge on any atom is -0.423 e. The van der Waals surface area contributed by atoms with Crippen LogP contribution in [0.25, 0.3) is 11.0 Å². The lowest BCUT2D eigenvalue weighted by Gasteiger charge is -2.10. The van der Waals surface area contributed by atoms with Gasteiger partial charge in [0.05, 0.1) is 5.75 Å². The van der Waals surface area contributed by atoms with Gasteiger partial charge in [-0.1, -0.05) is 17.7 Å². The third-order valence-corrected chi connectivity index (χ3v) is 5.57. The number of carbonyl (C=O) groups is 1. The van der Waals surface area contributed by atoms with Crippen LogP contribution in [0.3, 0.4) is 0 Å². The summed E-state index contributed by atoms with van der Waals surface area (Å²) in [6.45, 7) is 8.04. The fraction of sp³-hybridized carbons (Fsp3) is 0.273. The van der Waals surface area contributed by atoms with Crippen molar-refractivity contribution in [3.8, 4) is 0 Å². The number of hydrogen-bond donors (Lipinski definition) is 1. The van der Waals surface area contributed by atoms with Crippen molar-refractivity contribution in [2.75, 3.05) is 11.1 Å². The summed E-state index contributed by atoms with van der Waals surface area (Å²) in [6.07, 6.45) is 0. The topological polar surface area (TPSA) is 59.3 Å². The molecule has 140 valence electrons. The Morgan fingerprint density at radius 1 is 1.00 bits per heavy atom. The van der Waals surface area contributed by atoms with Gasteiger partial charge in [0.25, 0.3) is 0 Å². The van der Waals surface area contributed by atoms with E-state index >= 15 is 0 Å². The first kappa shape index (κ1) is 19.2. The molecule has 3 rings (SSSR count). The van der Waals surface area contributed by atoms with E-state index in [1.54, 1.807) is 0 Å². The number of anilines is 1. The van der Waals surface area contributed by atoms with Crippen molar-refractivity contribution in [2.45, 2.75) is 33.4 Å². The predicted molar refractivity (Wildman–Crippen MR) is 113 cm³/mol. The van der Waals surface area contributed by atoms with Gasteiger partial charge in [0.15, 0.2) is 0 Å². The normalized spacial score (nSPS) is 11.0. The van der Waals surface area contributed by atoms with Crippen molar-refractivity contribution < 1.29 is 9.21 Å². The van der Waals surface area contributed by atoms with Crippen LogP contribution in [-0.4, -0.2) is 11.7 Å². The number of thioether (sulfide) groups is 1. The summed E-state index contributed by atoms with van der Waals surface area (Å²) in [5.41, 5.74) is 6.42. The molecule has 0 bridgehead atoms. The van der Waals surface area contributed by atoms with Crippen LogP contribution in [0.4, 0.5) is 5.69 Å². The lowest BCUT2D eigenvalue weighted by Crippen LogP contribution is -2.15. The molecule has 5 heteroatoms. The molecule has 1 aromatic heterocycles. The highest BCUT2D eigenvalue weighted by atomic mass is 32.2. The maximum Gasteiger partial charge on any atom is 0.336 e. The minimum absolute atomic E-state index is 0.0498. The van der Waals surface area contributed by atoms with Crippen LogP contribution in [0.15, 0.2) is 45.6 Å². The summed E-state index contributed by atoms with van der Waals surface area (Å²) in [7, 11) is 0. The average molecular weight is 381 g/mol. The summed E-state index contributed by atoms with van der Waals surface area (Å²) in [4.78, 5) is 24.1. The number of hydrogen-bond acceptors (Lipinski definition) is 4. The zero-order chi connectivity index (χ0) is 19.6. The van der Waals surface area contributed by atoms with E-state index in [1.807, 2.05) is 58.0 Å². The highest BCUT2D eigenvalue weighted by Crippen LogP contribution is 2.25. The fourth-order valence-corrected chi connectivity index (χ4v) is 3.81. The van der Waals surface area contributed by atoms with Crippen molar-refractivity contribution in [1.29, 1.82) is 0 Å². The molecule has 0 saturated heterocycles. The first-order valence-corrected chi connectivity index (χ1v) is 9.98. The van der Waals surface area contributed by atoms with E-state index in [-0.39, 0.29) is 11.5 Å². The Labute approximate surface area is 163 Å². The maximum absolute atomic E-state index is 12.3. The van der Waals surface area contributed by atoms with E-state index < -0.39 is 0 Å². The molecule has 27 heavy (non-hydrogen) atoms. The third-order valence-electron chi connectivity index (χ3n) is 4.59. The van der Waals surface area contributed by atoms with E-state index in [0.29, 0.717) is 17.1 Å². The Hall–Kier alpha value is -2.53. The van der Waals surface area contributed by atoms with Crippen LogP contribution >= 0.6 is 11.8 Å². The van der Waals surface area contributed by atoms with E-state index in [0.717, 1.165) is 33.3 Å². The molecule has 1 heterocycles. The van der Waals surface area contributed by atoms with E-state index in [4.69, 9.17) is 4.42 Å². The number of carbonyl (C=O) groups excluding carboxylic acids is 1. The Morgan fingerprint density at radius 2 is 1.74 bits per heavy atom. The lowest BCUT2D eigenvalue weighted by atomic mass is 10.0. The first-order valence-electron chi connectivity index (χ1n) is 8.82. The molecule has 1 amide bonds. The van der Waals surface area contributed by atoms with Crippen molar-refractivity contribution in [3.05, 3.63) is 74.6 Å². The number of nitrogens with one attached hydrogen (secondary N) is 1. The second-order valence-electron chi connectivity index (χ2n) is 6.88. The molecule has 2 aromatic carbocycles. The molecule has 4 nitrogen and oxygen atoms in total. The van der Waals surface area contributed by atoms with Crippen LogP contribution in [0, 0.1) is 27.7 Å². The minimum atomic E-state index is -0.360. The molecule has 0 saturated carbocycles. The molecule has 0 aliphatic carbocycles. The Bertz CT molecular complexity index is 1070. The number of rotatable bonds is 5. The third kappa shape index (κ3) is 4.61. The monoisotopic (exact) mass is 381 g/mol. The van der Waals surface area contributed by atoms with Crippen LogP contribution < -0.4 is 10.9 Å². The zero-order valence-electron chi connectivity index (χ0n) is 16.0. The van der Waals surface area contributed by atoms with Gasteiger partial charge < -0.3 is 9.73 Å². The zero-order valence-corrected chi connectivity index (χ0v) is 16.8. The van der Waals surface area contributed by atoms with Gasteiger partial charge in [0, 0.05) is 22.9 Å². The highest BCUT2D eigenvalue weighted by Gasteiger charge is 2.10. The smallest absolute Gasteiger partial charge is 0.336 e. The summed E-state index contributed by atoms with van der Waals surface area (Å²) >= 11 is 1.48. The molecular formula is C22H23NO3S. The summed E-state index contributed by atoms with van der Waals surface area (Å²) < 4.78 is 5.32. The van der Waals surface area contributed by atoms with Crippen molar-refractivity contribution in [2.24, 2.45) is 0 Å². The molecule has 0 radical (unpaired) electrons. The highest BCUT2D eigenvalue weighted by molar-refractivity contribution is 7.99. The summed E-state index contributed by atoms with van der Waals surface area (Å²) in [6, 6.07) is 11.4. The number of aryl methyl sites for hydroxylation is 4. The summed E-state index contributed by atoms with van der Waals surface area (Å²) in [5.74, 6) is 0.844. The molecule has 0 aliphatic heterocycles. The molecule has 0 fully saturated rings. The largest absolute Gasteiger partial charge is 0.423 e. The van der Waals surface area contributed by atoms with Crippen molar-refractivity contribution >= 4 is 34.3 Å². The van der Waals surface area contributed by atoms with Crippen molar-refractivity contribution in [3.63, 3.8) is 0 Å². The molecule has 0 unspecified atom stereocenters. The molecule has 0 atom stereocenters. The molecule has 1 N–H and O–H groups in total. The quantitative estimate of drug-likeness (QED) is 0.639. The molecular weight excluding hydrogens is 358 g/mol. The second kappa shape index (κ2) is 8.01. The Morgan fingerprint density at radius 3 is 2.48 bits per heavy atom. The number of benzene rings is 2. The van der Waals surface area contributed by atoms with Gasteiger partial charge in [-0.3, -0.25) is 4.79 Å². The molecule has 0 spiro atoms. The number of amides is 1. The standard InChI is InChI=1S/C22H23NO3S/c1-13-5-6-19(16(4)7-13)23-21(24)12-27-11-17-10-22(25)26-20-9-15(3)14(2)8-18(17)20/h5-10H,11-12H2,1-4H3,(H,23,24). The van der Waals surface area contributed by atoms with Crippen LogP contribution in [-0.2, 0) is 10.5 Å². The Kier molecular flexibility index (Phi) is 5.71. The predicted octanol–water partition coefficient (Wildman–Crippen LogP) is 4.90. The molecule has 0 aliphatic rings. The molecule has 3 aromatic rings. The van der Waals surface area contributed by atoms with Gasteiger partial charge in [0.1, 0.15) is 5.58 Å². The SMILES string of the molecule is Cc1ccc(NC(=O)CSCc2cc(=O)oc3cc(C)c(C)cc23)c(C)c1. The van der Waals surface area contributed by atoms with Crippen molar-refractivity contribution in [1.82, 2.24) is 0 Å². The van der Waals surface area contributed by atoms with Crippen LogP contribution in [0.1, 0.15) is 27.8 Å². The average Bonchev–Trinajstić information content (AvgIpc) is 2.59. The van der Waals surface area contributed by atoms with E-state index in [9.17, 15) is 9.59 Å². The number of fused-ring (bicyclic) bond motifs is 1. The summed E-state index contributed by atoms with van der Waals surface area (Å²) in [5, 5.41) is 3.88. The van der Waals surface area contributed by atoms with E-state index in [2.05, 4.69) is 5.32 Å². The van der Waals surface area contributed by atoms with Gasteiger partial charge in [-0.2, -0.15) is 0 Å². The van der Waals surface area contributed by atoms with Gasteiger partial charge >= 0.3 is 5.63 Å². The Balaban J connectivity index is 1.69. The fourth-order valence-electron chi connectivity index (χ4n) is 3.00. The van der Waals surface area contributed by atoms with Gasteiger partial charge in [-0.25, -0.2) is 4.79 Å².